The van der Waals surface area contributed by atoms with E-state index in [0.717, 1.165) is 0 Å². The number of aryl methyl sites for hydroxylation is 1. The molecule has 2 aromatic rings. The number of aromatic nitrogens is 1. The van der Waals surface area contributed by atoms with E-state index in [1.807, 2.05) is 0 Å². The number of benzene rings is 1. The molecule has 1 N–H and O–H groups in total. The fraction of sp³-hybridized carbons (Fsp3) is 0.143. The summed E-state index contributed by atoms with van der Waals surface area (Å²) in [5.41, 5.74) is 0.0982. The number of nitro benzene ring substituents is 1. The first-order chi connectivity index (χ1) is 9.90. The van der Waals surface area contributed by atoms with Crippen LogP contribution in [0.15, 0.2) is 41.2 Å². The van der Waals surface area contributed by atoms with Crippen LogP contribution >= 0.6 is 0 Å². The Balaban J connectivity index is 2.47. The van der Waals surface area contributed by atoms with E-state index in [1.54, 1.807) is 13.0 Å². The van der Waals surface area contributed by atoms with Gasteiger partial charge in [-0.3, -0.25) is 14.9 Å². The van der Waals surface area contributed by atoms with Crippen LogP contribution in [0.2, 0.25) is 0 Å². The van der Waals surface area contributed by atoms with Gasteiger partial charge in [0.1, 0.15) is 5.56 Å². The van der Waals surface area contributed by atoms with Crippen molar-refractivity contribution in [1.82, 2.24) is 4.57 Å². The third kappa shape index (κ3) is 2.97. The molecule has 1 heterocycles. The quantitative estimate of drug-likeness (QED) is 0.682. The van der Waals surface area contributed by atoms with Crippen LogP contribution in [0.25, 0.3) is 0 Å². The lowest BCUT2D eigenvalue weighted by atomic mass is 10.1. The number of pyridine rings is 1. The maximum absolute atomic E-state index is 12.1. The summed E-state index contributed by atoms with van der Waals surface area (Å²) in [7, 11) is 0. The summed E-state index contributed by atoms with van der Waals surface area (Å²) >= 11 is 0. The minimum atomic E-state index is -1.30. The van der Waals surface area contributed by atoms with Gasteiger partial charge in [0.25, 0.3) is 11.2 Å². The SMILES string of the molecule is Cc1ccc(C(=O)O)c(=O)n1Cc1cccc([N+](=O)[O-])c1. The molecule has 1 aromatic heterocycles. The monoisotopic (exact) mass is 288 g/mol. The second-order valence-corrected chi connectivity index (χ2v) is 4.51. The van der Waals surface area contributed by atoms with Crippen molar-refractivity contribution in [1.29, 1.82) is 0 Å². The Labute approximate surface area is 119 Å². The molecule has 2 rings (SSSR count). The molecule has 0 unspecified atom stereocenters. The standard InChI is InChI=1S/C14H12N2O5/c1-9-5-6-12(14(18)19)13(17)15(9)8-10-3-2-4-11(7-10)16(20)21/h2-7H,8H2,1H3,(H,18,19). The maximum atomic E-state index is 12.1. The van der Waals surface area contributed by atoms with Gasteiger partial charge in [0.2, 0.25) is 0 Å². The number of nitro groups is 1. The third-order valence-corrected chi connectivity index (χ3v) is 3.08. The molecule has 7 heteroatoms. The molecule has 0 aliphatic carbocycles. The van der Waals surface area contributed by atoms with Crippen LogP contribution in [0.3, 0.4) is 0 Å². The van der Waals surface area contributed by atoms with Crippen molar-refractivity contribution < 1.29 is 14.8 Å². The lowest BCUT2D eigenvalue weighted by Gasteiger charge is -2.10. The second-order valence-electron chi connectivity index (χ2n) is 4.51. The van der Waals surface area contributed by atoms with Crippen LogP contribution in [-0.4, -0.2) is 20.6 Å². The summed E-state index contributed by atoms with van der Waals surface area (Å²) in [5.74, 6) is -1.30. The zero-order chi connectivity index (χ0) is 15.6. The predicted molar refractivity (Wildman–Crippen MR) is 74.6 cm³/mol. The summed E-state index contributed by atoms with van der Waals surface area (Å²) in [6.07, 6.45) is 0. The van der Waals surface area contributed by atoms with Crippen LogP contribution in [0, 0.1) is 17.0 Å². The van der Waals surface area contributed by atoms with Crippen molar-refractivity contribution in [3.05, 3.63) is 73.7 Å². The number of carboxylic acids is 1. The molecule has 0 atom stereocenters. The average Bonchev–Trinajstić information content (AvgIpc) is 2.43. The highest BCUT2D eigenvalue weighted by Gasteiger charge is 2.13. The molecule has 0 bridgehead atoms. The molecule has 0 spiro atoms. The third-order valence-electron chi connectivity index (χ3n) is 3.08. The second kappa shape index (κ2) is 5.58. The van der Waals surface area contributed by atoms with E-state index < -0.39 is 16.5 Å². The Hall–Kier alpha value is -2.96. The van der Waals surface area contributed by atoms with Gasteiger partial charge in [-0.05, 0) is 24.6 Å². The molecule has 0 aliphatic rings. The highest BCUT2D eigenvalue weighted by atomic mass is 16.6. The van der Waals surface area contributed by atoms with Gasteiger partial charge in [-0.15, -0.1) is 0 Å². The van der Waals surface area contributed by atoms with Gasteiger partial charge in [0, 0.05) is 17.8 Å². The molecule has 0 radical (unpaired) electrons. The number of nitrogens with zero attached hydrogens (tertiary/aromatic N) is 2. The minimum absolute atomic E-state index is 0.0763. The molecule has 0 fully saturated rings. The summed E-state index contributed by atoms with van der Waals surface area (Å²) < 4.78 is 1.28. The summed E-state index contributed by atoms with van der Waals surface area (Å²) in [5, 5.41) is 19.7. The summed E-state index contributed by atoms with van der Waals surface area (Å²) in [4.78, 5) is 33.3. The highest BCUT2D eigenvalue weighted by Crippen LogP contribution is 2.14. The Bertz CT molecular complexity index is 779. The Morgan fingerprint density at radius 1 is 1.33 bits per heavy atom. The Morgan fingerprint density at radius 2 is 2.05 bits per heavy atom. The van der Waals surface area contributed by atoms with Crippen molar-refractivity contribution in [3.8, 4) is 0 Å². The molecule has 0 aliphatic heterocycles. The zero-order valence-electron chi connectivity index (χ0n) is 11.1. The lowest BCUT2D eigenvalue weighted by Crippen LogP contribution is -2.28. The maximum Gasteiger partial charge on any atom is 0.341 e. The first-order valence-electron chi connectivity index (χ1n) is 6.07. The van der Waals surface area contributed by atoms with Gasteiger partial charge >= 0.3 is 5.97 Å². The smallest absolute Gasteiger partial charge is 0.341 e. The molecule has 21 heavy (non-hydrogen) atoms. The Kier molecular flexibility index (Phi) is 3.84. The molecule has 0 amide bonds. The van der Waals surface area contributed by atoms with Gasteiger partial charge < -0.3 is 9.67 Å². The first kappa shape index (κ1) is 14.4. The van der Waals surface area contributed by atoms with E-state index >= 15 is 0 Å². The number of carbonyl (C=O) groups is 1. The summed E-state index contributed by atoms with van der Waals surface area (Å²) in [6, 6.07) is 8.67. The van der Waals surface area contributed by atoms with Gasteiger partial charge in [0.15, 0.2) is 0 Å². The number of carboxylic acid groups (broad SMARTS) is 1. The number of hydrogen-bond donors (Lipinski definition) is 1. The zero-order valence-corrected chi connectivity index (χ0v) is 11.1. The van der Waals surface area contributed by atoms with E-state index in [0.29, 0.717) is 11.3 Å². The normalized spacial score (nSPS) is 10.3. The molecular weight excluding hydrogens is 276 g/mol. The topological polar surface area (TPSA) is 102 Å². The number of aromatic carboxylic acids is 1. The molecule has 0 saturated heterocycles. The molecule has 108 valence electrons. The average molecular weight is 288 g/mol. The van der Waals surface area contributed by atoms with E-state index in [4.69, 9.17) is 5.11 Å². The van der Waals surface area contributed by atoms with Crippen molar-refractivity contribution in [2.24, 2.45) is 0 Å². The van der Waals surface area contributed by atoms with Crippen molar-refractivity contribution in [3.63, 3.8) is 0 Å². The van der Waals surface area contributed by atoms with Gasteiger partial charge in [-0.1, -0.05) is 12.1 Å². The van der Waals surface area contributed by atoms with Crippen LogP contribution in [0.5, 0.6) is 0 Å². The first-order valence-corrected chi connectivity index (χ1v) is 6.07. The van der Waals surface area contributed by atoms with E-state index in [9.17, 15) is 19.7 Å². The number of non-ortho nitro benzene ring substituents is 1. The fourth-order valence-corrected chi connectivity index (χ4v) is 1.98. The van der Waals surface area contributed by atoms with E-state index in [1.165, 1.54) is 34.9 Å². The highest BCUT2D eigenvalue weighted by molar-refractivity contribution is 5.87. The molecular formula is C14H12N2O5. The molecule has 7 nitrogen and oxygen atoms in total. The van der Waals surface area contributed by atoms with Gasteiger partial charge in [-0.25, -0.2) is 4.79 Å². The van der Waals surface area contributed by atoms with Crippen molar-refractivity contribution in [2.45, 2.75) is 13.5 Å². The van der Waals surface area contributed by atoms with E-state index in [-0.39, 0.29) is 17.8 Å². The van der Waals surface area contributed by atoms with Crippen molar-refractivity contribution >= 4 is 11.7 Å². The van der Waals surface area contributed by atoms with Crippen LogP contribution in [0.1, 0.15) is 21.6 Å². The lowest BCUT2D eigenvalue weighted by molar-refractivity contribution is -0.384. The van der Waals surface area contributed by atoms with Gasteiger partial charge in [-0.2, -0.15) is 0 Å². The van der Waals surface area contributed by atoms with Crippen LogP contribution in [0.4, 0.5) is 5.69 Å². The molecule has 0 saturated carbocycles. The predicted octanol–water partition coefficient (Wildman–Crippen LogP) is 1.81. The van der Waals surface area contributed by atoms with Gasteiger partial charge in [0.05, 0.1) is 11.5 Å². The summed E-state index contributed by atoms with van der Waals surface area (Å²) in [6.45, 7) is 1.75. The van der Waals surface area contributed by atoms with Crippen LogP contribution < -0.4 is 5.56 Å². The largest absolute Gasteiger partial charge is 0.477 e. The van der Waals surface area contributed by atoms with Crippen LogP contribution in [-0.2, 0) is 6.54 Å². The number of hydrogen-bond acceptors (Lipinski definition) is 4. The minimum Gasteiger partial charge on any atom is -0.477 e. The molecule has 1 aromatic carbocycles. The van der Waals surface area contributed by atoms with E-state index in [2.05, 4.69) is 0 Å². The van der Waals surface area contributed by atoms with Crippen molar-refractivity contribution in [2.75, 3.05) is 0 Å². The Morgan fingerprint density at radius 3 is 2.67 bits per heavy atom. The number of rotatable bonds is 4. The fourth-order valence-electron chi connectivity index (χ4n) is 1.98.